The lowest BCUT2D eigenvalue weighted by Gasteiger charge is -2.09. The van der Waals surface area contributed by atoms with Crippen molar-refractivity contribution in [2.24, 2.45) is 0 Å². The largest absolute Gasteiger partial charge is 0.237 e. The molecule has 0 aliphatic carbocycles. The molecule has 0 radical (unpaired) electrons. The highest BCUT2D eigenvalue weighted by molar-refractivity contribution is 9.09. The zero-order chi connectivity index (χ0) is 15.5. The van der Waals surface area contributed by atoms with E-state index in [1.165, 1.54) is 12.1 Å². The molecule has 0 saturated carbocycles. The van der Waals surface area contributed by atoms with Gasteiger partial charge in [-0.15, -0.1) is 0 Å². The van der Waals surface area contributed by atoms with Gasteiger partial charge in [-0.2, -0.15) is 5.26 Å². The van der Waals surface area contributed by atoms with Crippen LogP contribution in [-0.4, -0.2) is 10.3 Å². The number of halogens is 2. The number of hydrogen-bond donors (Lipinski definition) is 0. The second-order valence-corrected chi connectivity index (χ2v) is 5.76. The monoisotopic (exact) mass is 354 g/mol. The van der Waals surface area contributed by atoms with E-state index in [1.807, 2.05) is 12.1 Å². The summed E-state index contributed by atoms with van der Waals surface area (Å²) < 4.78 is 13.1. The SMILES string of the molecule is N#Cc1cc(-c2ccc(F)cc2)c2ccc(CCBr)cc2n1. The van der Waals surface area contributed by atoms with Gasteiger partial charge < -0.3 is 0 Å². The van der Waals surface area contributed by atoms with Crippen molar-refractivity contribution in [1.82, 2.24) is 4.98 Å². The molecule has 0 bridgehead atoms. The Balaban J connectivity index is 2.24. The molecular formula is C18H12BrFN2. The second kappa shape index (κ2) is 6.25. The van der Waals surface area contributed by atoms with Crippen molar-refractivity contribution in [2.75, 3.05) is 5.33 Å². The van der Waals surface area contributed by atoms with Crippen molar-refractivity contribution < 1.29 is 4.39 Å². The maximum atomic E-state index is 13.1. The van der Waals surface area contributed by atoms with Gasteiger partial charge in [0.05, 0.1) is 5.52 Å². The van der Waals surface area contributed by atoms with Crippen molar-refractivity contribution in [3.8, 4) is 17.2 Å². The van der Waals surface area contributed by atoms with Crippen LogP contribution in [0.4, 0.5) is 4.39 Å². The highest BCUT2D eigenvalue weighted by atomic mass is 79.9. The minimum Gasteiger partial charge on any atom is -0.237 e. The van der Waals surface area contributed by atoms with Crippen molar-refractivity contribution in [2.45, 2.75) is 6.42 Å². The number of aryl methyl sites for hydroxylation is 1. The third-order valence-electron chi connectivity index (χ3n) is 3.53. The molecule has 3 rings (SSSR count). The Labute approximate surface area is 136 Å². The van der Waals surface area contributed by atoms with Gasteiger partial charge in [0.2, 0.25) is 0 Å². The van der Waals surface area contributed by atoms with Crippen LogP contribution in [0.25, 0.3) is 22.0 Å². The zero-order valence-electron chi connectivity index (χ0n) is 11.7. The third kappa shape index (κ3) is 2.86. The van der Waals surface area contributed by atoms with E-state index in [0.717, 1.165) is 39.3 Å². The fourth-order valence-corrected chi connectivity index (χ4v) is 2.92. The van der Waals surface area contributed by atoms with Gasteiger partial charge in [0.15, 0.2) is 0 Å². The van der Waals surface area contributed by atoms with E-state index in [2.05, 4.69) is 33.0 Å². The number of fused-ring (bicyclic) bond motifs is 1. The van der Waals surface area contributed by atoms with Gasteiger partial charge >= 0.3 is 0 Å². The highest BCUT2D eigenvalue weighted by Gasteiger charge is 2.09. The molecular weight excluding hydrogens is 343 g/mol. The molecule has 1 heterocycles. The number of benzene rings is 2. The summed E-state index contributed by atoms with van der Waals surface area (Å²) in [6, 6.07) is 16.2. The van der Waals surface area contributed by atoms with Gasteiger partial charge in [0, 0.05) is 10.7 Å². The fourth-order valence-electron chi connectivity index (χ4n) is 2.46. The van der Waals surface area contributed by atoms with Crippen molar-refractivity contribution in [3.63, 3.8) is 0 Å². The minimum absolute atomic E-state index is 0.276. The predicted octanol–water partition coefficient (Wildman–Crippen LogP) is 4.85. The summed E-state index contributed by atoms with van der Waals surface area (Å²) in [5, 5.41) is 11.0. The van der Waals surface area contributed by atoms with Gasteiger partial charge in [-0.25, -0.2) is 9.37 Å². The molecule has 3 aromatic rings. The third-order valence-corrected chi connectivity index (χ3v) is 3.92. The van der Waals surface area contributed by atoms with Gasteiger partial charge in [-0.05, 0) is 47.4 Å². The number of alkyl halides is 1. The van der Waals surface area contributed by atoms with E-state index in [4.69, 9.17) is 0 Å². The molecule has 22 heavy (non-hydrogen) atoms. The summed E-state index contributed by atoms with van der Waals surface area (Å²) in [7, 11) is 0. The molecule has 0 aliphatic rings. The first kappa shape index (κ1) is 14.7. The molecule has 0 amide bonds. The van der Waals surface area contributed by atoms with Crippen LogP contribution >= 0.6 is 15.9 Å². The molecule has 2 aromatic carbocycles. The number of rotatable bonds is 3. The Hall–Kier alpha value is -2.25. The van der Waals surface area contributed by atoms with E-state index in [1.54, 1.807) is 18.2 Å². The van der Waals surface area contributed by atoms with Gasteiger partial charge in [0.25, 0.3) is 0 Å². The van der Waals surface area contributed by atoms with Crippen LogP contribution in [0.1, 0.15) is 11.3 Å². The molecule has 4 heteroatoms. The average Bonchev–Trinajstić information content (AvgIpc) is 2.54. The summed E-state index contributed by atoms with van der Waals surface area (Å²) in [4.78, 5) is 4.39. The molecule has 0 fully saturated rings. The molecule has 0 atom stereocenters. The van der Waals surface area contributed by atoms with E-state index in [-0.39, 0.29) is 5.82 Å². The summed E-state index contributed by atoms with van der Waals surface area (Å²) in [5.41, 5.74) is 4.09. The topological polar surface area (TPSA) is 36.7 Å². The van der Waals surface area contributed by atoms with Crippen molar-refractivity contribution >= 4 is 26.8 Å². The average molecular weight is 355 g/mol. The lowest BCUT2D eigenvalue weighted by atomic mass is 9.98. The first-order chi connectivity index (χ1) is 10.7. The molecule has 0 aliphatic heterocycles. The highest BCUT2D eigenvalue weighted by Crippen LogP contribution is 2.29. The first-order valence-corrected chi connectivity index (χ1v) is 7.99. The Morgan fingerprint density at radius 1 is 1.09 bits per heavy atom. The van der Waals surface area contributed by atoms with Crippen molar-refractivity contribution in [1.29, 1.82) is 5.26 Å². The summed E-state index contributed by atoms with van der Waals surface area (Å²) in [6.07, 6.45) is 0.903. The molecule has 1 aromatic heterocycles. The Morgan fingerprint density at radius 2 is 1.86 bits per heavy atom. The van der Waals surface area contributed by atoms with Crippen LogP contribution in [0.5, 0.6) is 0 Å². The van der Waals surface area contributed by atoms with E-state index in [9.17, 15) is 9.65 Å². The summed E-state index contributed by atoms with van der Waals surface area (Å²) >= 11 is 3.43. The molecule has 0 saturated heterocycles. The van der Waals surface area contributed by atoms with Gasteiger partial charge in [-0.3, -0.25) is 0 Å². The van der Waals surface area contributed by atoms with E-state index >= 15 is 0 Å². The number of aromatic nitrogens is 1. The molecule has 2 nitrogen and oxygen atoms in total. The smallest absolute Gasteiger partial charge is 0.141 e. The Kier molecular flexibility index (Phi) is 4.17. The molecule has 108 valence electrons. The zero-order valence-corrected chi connectivity index (χ0v) is 13.3. The molecule has 0 N–H and O–H groups in total. The van der Waals surface area contributed by atoms with Crippen LogP contribution in [0.15, 0.2) is 48.5 Å². The van der Waals surface area contributed by atoms with E-state index in [0.29, 0.717) is 5.69 Å². The quantitative estimate of drug-likeness (QED) is 0.630. The second-order valence-electron chi connectivity index (χ2n) is 4.96. The normalized spacial score (nSPS) is 10.6. The van der Waals surface area contributed by atoms with Crippen LogP contribution in [-0.2, 0) is 6.42 Å². The number of hydrogen-bond acceptors (Lipinski definition) is 2. The lowest BCUT2D eigenvalue weighted by molar-refractivity contribution is 0.628. The maximum Gasteiger partial charge on any atom is 0.141 e. The number of nitriles is 1. The standard InChI is InChI=1S/C18H12BrFN2/c19-8-7-12-1-6-16-17(13-2-4-14(20)5-3-13)10-15(11-21)22-18(16)9-12/h1-6,9-10H,7-8H2. The van der Waals surface area contributed by atoms with Gasteiger partial charge in [0.1, 0.15) is 17.6 Å². The first-order valence-electron chi connectivity index (χ1n) is 6.87. The van der Waals surface area contributed by atoms with Crippen LogP contribution in [0, 0.1) is 17.1 Å². The van der Waals surface area contributed by atoms with Crippen LogP contribution < -0.4 is 0 Å². The Morgan fingerprint density at radius 3 is 2.55 bits per heavy atom. The van der Waals surface area contributed by atoms with Crippen LogP contribution in [0.3, 0.4) is 0 Å². The number of nitrogens with zero attached hydrogens (tertiary/aromatic N) is 2. The fraction of sp³-hybridized carbons (Fsp3) is 0.111. The number of pyridine rings is 1. The molecule has 0 unspecified atom stereocenters. The van der Waals surface area contributed by atoms with Gasteiger partial charge in [-0.1, -0.05) is 40.2 Å². The predicted molar refractivity (Wildman–Crippen MR) is 89.4 cm³/mol. The summed E-state index contributed by atoms with van der Waals surface area (Å²) in [5.74, 6) is -0.276. The molecule has 0 spiro atoms. The minimum atomic E-state index is -0.276. The van der Waals surface area contributed by atoms with E-state index < -0.39 is 0 Å². The maximum absolute atomic E-state index is 13.1. The van der Waals surface area contributed by atoms with Crippen LogP contribution in [0.2, 0.25) is 0 Å². The summed E-state index contributed by atoms with van der Waals surface area (Å²) in [6.45, 7) is 0. The lowest BCUT2D eigenvalue weighted by Crippen LogP contribution is -1.92. The van der Waals surface area contributed by atoms with Crippen molar-refractivity contribution in [3.05, 3.63) is 65.6 Å². The Bertz CT molecular complexity index is 867.